The van der Waals surface area contributed by atoms with Gasteiger partial charge >= 0.3 is 0 Å². The van der Waals surface area contributed by atoms with Crippen molar-refractivity contribution in [2.75, 3.05) is 19.7 Å². The predicted octanol–water partition coefficient (Wildman–Crippen LogP) is 4.96. The lowest BCUT2D eigenvalue weighted by atomic mass is 9.75. The number of halogens is 2. The second-order valence-electron chi connectivity index (χ2n) is 12.6. The Morgan fingerprint density at radius 1 is 1.12 bits per heavy atom. The molecule has 1 aliphatic carbocycles. The van der Waals surface area contributed by atoms with Gasteiger partial charge < -0.3 is 19.8 Å². The highest BCUT2D eigenvalue weighted by Gasteiger charge is 2.64. The Morgan fingerprint density at radius 2 is 1.81 bits per heavy atom. The largest absolute Gasteiger partial charge is 0.387 e. The molecule has 0 radical (unpaired) electrons. The van der Waals surface area contributed by atoms with Gasteiger partial charge in [-0.05, 0) is 73.6 Å². The Balaban J connectivity index is 1.39. The molecule has 4 atom stereocenters. The van der Waals surface area contributed by atoms with Crippen LogP contribution in [0.5, 0.6) is 0 Å². The minimum Gasteiger partial charge on any atom is -0.387 e. The quantitative estimate of drug-likeness (QED) is 0.417. The first kappa shape index (κ1) is 28.7. The number of aromatic nitrogens is 1. The number of piperidine rings is 1. The molecule has 1 saturated heterocycles. The molecule has 3 aromatic rings. The molecule has 0 bridgehead atoms. The van der Waals surface area contributed by atoms with Crippen molar-refractivity contribution in [3.05, 3.63) is 98.3 Å². The zero-order valence-electron chi connectivity index (χ0n) is 24.0. The molecule has 10 heteroatoms. The Morgan fingerprint density at radius 3 is 2.47 bits per heavy atom. The van der Waals surface area contributed by atoms with Gasteiger partial charge in [-0.25, -0.2) is 0 Å². The van der Waals surface area contributed by atoms with Gasteiger partial charge in [0.15, 0.2) is 5.72 Å². The van der Waals surface area contributed by atoms with Crippen LogP contribution in [0.4, 0.5) is 0 Å². The van der Waals surface area contributed by atoms with Crippen LogP contribution in [0.1, 0.15) is 77.3 Å². The van der Waals surface area contributed by atoms with Crippen molar-refractivity contribution < 1.29 is 24.5 Å². The van der Waals surface area contributed by atoms with Crippen LogP contribution in [0.25, 0.3) is 0 Å². The van der Waals surface area contributed by atoms with E-state index in [0.717, 1.165) is 5.56 Å². The Labute approximate surface area is 260 Å². The van der Waals surface area contributed by atoms with E-state index in [2.05, 4.69) is 4.98 Å². The van der Waals surface area contributed by atoms with Gasteiger partial charge in [0.05, 0.1) is 35.1 Å². The summed E-state index contributed by atoms with van der Waals surface area (Å²) < 4.78 is 6.71. The van der Waals surface area contributed by atoms with E-state index >= 15 is 0 Å². The lowest BCUT2D eigenvalue weighted by Gasteiger charge is -2.41. The minimum atomic E-state index is -1.34. The molecule has 1 aromatic heterocycles. The standard InChI is InChI=1S/C33H33Cl2N3O5/c1-19(39)37-11-9-20(10-12-37)31(2,41)22-13-26-28-15-32(28,42)18-43-33(21-3-5-23(34)6-4-21)29(26)27(14-22)30(40)38(33)17-25-8-7-24(35)16-36-25/h3-8,13-14,16,20,28,41-42H,9-12,15,17-18H2,1-2H3/t28?,31?,32?,33-/m1/s1. The number of rotatable bonds is 5. The van der Waals surface area contributed by atoms with E-state index in [1.807, 2.05) is 18.2 Å². The van der Waals surface area contributed by atoms with Crippen LogP contribution in [0.15, 0.2) is 54.7 Å². The lowest BCUT2D eigenvalue weighted by Crippen LogP contribution is -2.47. The van der Waals surface area contributed by atoms with Crippen molar-refractivity contribution in [2.45, 2.75) is 62.5 Å². The number of hydrogen-bond acceptors (Lipinski definition) is 6. The molecule has 2 N–H and O–H groups in total. The number of carbonyl (C=O) groups excluding carboxylic acids is 2. The maximum absolute atomic E-state index is 14.5. The second-order valence-corrected chi connectivity index (χ2v) is 13.4. The topological polar surface area (TPSA) is 103 Å². The molecule has 4 heterocycles. The number of carbonyl (C=O) groups is 2. The highest BCUT2D eigenvalue weighted by molar-refractivity contribution is 6.30. The molecule has 224 valence electrons. The number of ether oxygens (including phenoxy) is 1. The maximum Gasteiger partial charge on any atom is 0.257 e. The molecule has 1 saturated carbocycles. The average molecular weight is 623 g/mol. The SMILES string of the molecule is CC(=O)N1CCC(C(C)(O)c2cc3c4c(c2)C2CC2(O)CO[C@@]4(c2ccc(Cl)cc2)N(Cc2ccc(Cl)cn2)C3=O)CC1. The summed E-state index contributed by atoms with van der Waals surface area (Å²) in [5.41, 5.74) is 0.223. The van der Waals surface area contributed by atoms with E-state index in [4.69, 9.17) is 27.9 Å². The number of hydrogen-bond donors (Lipinski definition) is 2. The van der Waals surface area contributed by atoms with Crippen LogP contribution in [-0.4, -0.2) is 62.1 Å². The smallest absolute Gasteiger partial charge is 0.257 e. The lowest BCUT2D eigenvalue weighted by molar-refractivity contribution is -0.135. The third-order valence-electron chi connectivity index (χ3n) is 9.98. The van der Waals surface area contributed by atoms with Crippen LogP contribution in [0, 0.1) is 5.92 Å². The van der Waals surface area contributed by atoms with Crippen molar-refractivity contribution >= 4 is 35.0 Å². The number of fused-ring (bicyclic) bond motifs is 2. The number of amides is 2. The van der Waals surface area contributed by atoms with Crippen molar-refractivity contribution in [2.24, 2.45) is 5.92 Å². The molecule has 43 heavy (non-hydrogen) atoms. The number of pyridine rings is 1. The summed E-state index contributed by atoms with van der Waals surface area (Å²) in [7, 11) is 0. The molecule has 3 aliphatic heterocycles. The van der Waals surface area contributed by atoms with Crippen LogP contribution in [0.2, 0.25) is 10.0 Å². The van der Waals surface area contributed by atoms with E-state index < -0.39 is 16.9 Å². The van der Waals surface area contributed by atoms with Crippen LogP contribution in [-0.2, 0) is 27.4 Å². The van der Waals surface area contributed by atoms with Crippen molar-refractivity contribution in [3.8, 4) is 0 Å². The fourth-order valence-corrected chi connectivity index (χ4v) is 7.57. The summed E-state index contributed by atoms with van der Waals surface area (Å²) in [5, 5.41) is 24.6. The van der Waals surface area contributed by atoms with Gasteiger partial charge in [-0.2, -0.15) is 0 Å². The summed E-state index contributed by atoms with van der Waals surface area (Å²) in [4.78, 5) is 34.4. The summed E-state index contributed by atoms with van der Waals surface area (Å²) >= 11 is 12.4. The van der Waals surface area contributed by atoms with Gasteiger partial charge in [0.25, 0.3) is 5.91 Å². The normalized spacial score (nSPS) is 27.8. The van der Waals surface area contributed by atoms with Crippen molar-refractivity contribution in [1.29, 1.82) is 0 Å². The highest BCUT2D eigenvalue weighted by Crippen LogP contribution is 2.62. The summed E-state index contributed by atoms with van der Waals surface area (Å²) in [6, 6.07) is 14.5. The summed E-state index contributed by atoms with van der Waals surface area (Å²) in [6.45, 7) is 4.67. The first-order valence-corrected chi connectivity index (χ1v) is 15.4. The Hall–Kier alpha value is -3.01. The molecular weight excluding hydrogens is 589 g/mol. The zero-order chi connectivity index (χ0) is 30.3. The van der Waals surface area contributed by atoms with E-state index in [0.29, 0.717) is 70.3 Å². The van der Waals surface area contributed by atoms with Crippen LogP contribution >= 0.6 is 23.2 Å². The molecular formula is C33H33Cl2N3O5. The van der Waals surface area contributed by atoms with Gasteiger partial charge in [0, 0.05) is 53.8 Å². The molecule has 0 spiro atoms. The van der Waals surface area contributed by atoms with E-state index in [-0.39, 0.29) is 36.8 Å². The maximum atomic E-state index is 14.5. The number of benzene rings is 2. The third kappa shape index (κ3) is 4.49. The van der Waals surface area contributed by atoms with Gasteiger partial charge in [-0.1, -0.05) is 41.4 Å². The van der Waals surface area contributed by atoms with Gasteiger partial charge in [0.1, 0.15) is 0 Å². The molecule has 2 amide bonds. The van der Waals surface area contributed by atoms with Crippen LogP contribution in [0.3, 0.4) is 0 Å². The molecule has 2 aromatic carbocycles. The minimum absolute atomic E-state index is 0.0292. The highest BCUT2D eigenvalue weighted by atomic mass is 35.5. The van der Waals surface area contributed by atoms with E-state index in [1.54, 1.807) is 60.2 Å². The molecule has 8 nitrogen and oxygen atoms in total. The number of likely N-dealkylation sites (tertiary alicyclic amines) is 1. The average Bonchev–Trinajstić information content (AvgIpc) is 3.63. The molecule has 4 aliphatic rings. The number of nitrogens with zero attached hydrogens (tertiary/aromatic N) is 3. The molecule has 2 fully saturated rings. The Kier molecular flexibility index (Phi) is 6.69. The van der Waals surface area contributed by atoms with Crippen molar-refractivity contribution in [3.63, 3.8) is 0 Å². The fourth-order valence-electron chi connectivity index (χ4n) is 7.33. The van der Waals surface area contributed by atoms with Crippen molar-refractivity contribution in [1.82, 2.24) is 14.8 Å². The van der Waals surface area contributed by atoms with E-state index in [9.17, 15) is 19.8 Å². The van der Waals surface area contributed by atoms with Gasteiger partial charge in [0.2, 0.25) is 5.91 Å². The van der Waals surface area contributed by atoms with E-state index in [1.165, 1.54) is 0 Å². The van der Waals surface area contributed by atoms with Gasteiger partial charge in [-0.3, -0.25) is 19.5 Å². The first-order valence-electron chi connectivity index (χ1n) is 14.7. The zero-order valence-corrected chi connectivity index (χ0v) is 25.5. The molecule has 3 unspecified atom stereocenters. The third-order valence-corrected chi connectivity index (χ3v) is 10.5. The first-order chi connectivity index (χ1) is 20.4. The van der Waals surface area contributed by atoms with Crippen LogP contribution < -0.4 is 0 Å². The molecule has 7 rings (SSSR count). The summed E-state index contributed by atoms with van der Waals surface area (Å²) in [5.74, 6) is -0.575. The monoisotopic (exact) mass is 621 g/mol. The predicted molar refractivity (Wildman–Crippen MR) is 161 cm³/mol. The number of aliphatic hydroxyl groups is 2. The Bertz CT molecular complexity index is 1620. The summed E-state index contributed by atoms with van der Waals surface area (Å²) in [6.07, 6.45) is 3.34. The van der Waals surface area contributed by atoms with Gasteiger partial charge in [-0.15, -0.1) is 0 Å². The second kappa shape index (κ2) is 10.0. The fraction of sp³-hybridized carbons (Fsp3) is 0.424.